The highest BCUT2D eigenvalue weighted by Crippen LogP contribution is 2.53. The van der Waals surface area contributed by atoms with E-state index in [-0.39, 0.29) is 17.4 Å². The first-order valence-corrected chi connectivity index (χ1v) is 40.3. The van der Waals surface area contributed by atoms with Crippen LogP contribution in [0.4, 0.5) is 17.1 Å². The van der Waals surface area contributed by atoms with Crippen LogP contribution in [0.25, 0.3) is 0 Å². The van der Waals surface area contributed by atoms with Crippen molar-refractivity contribution in [3.63, 3.8) is 0 Å². The Balaban J connectivity index is 2.11. The Labute approximate surface area is 508 Å². The fourth-order valence-electron chi connectivity index (χ4n) is 10.0. The van der Waals surface area contributed by atoms with Crippen LogP contribution < -0.4 is 28.6 Å². The van der Waals surface area contributed by atoms with Gasteiger partial charge in [0.1, 0.15) is 5.69 Å². The van der Waals surface area contributed by atoms with Gasteiger partial charge in [-0.15, -0.1) is 9.66 Å². The van der Waals surface area contributed by atoms with Gasteiger partial charge >= 0.3 is 0 Å². The van der Waals surface area contributed by atoms with Crippen LogP contribution >= 0.6 is 0 Å². The van der Waals surface area contributed by atoms with Crippen molar-refractivity contribution in [1.29, 1.82) is 0 Å². The number of benzene rings is 3. The highest BCUT2D eigenvalue weighted by atomic mass is 32.2. The molecule has 0 aliphatic heterocycles. The maximum atomic E-state index is 15.6. The van der Waals surface area contributed by atoms with Crippen LogP contribution in [0.2, 0.25) is 0 Å². The van der Waals surface area contributed by atoms with Crippen molar-refractivity contribution in [2.75, 3.05) is 39.0 Å². The Morgan fingerprint density at radius 1 is 0.429 bits per heavy atom. The van der Waals surface area contributed by atoms with Crippen molar-refractivity contribution in [2.45, 2.75) is 248 Å². The molecule has 0 saturated heterocycles. The number of rotatable bonds is 48. The average molecular weight is 1300 g/mol. The first-order valence-electron chi connectivity index (χ1n) is 30.5. The molecule has 0 aliphatic carbocycles. The molecule has 0 aromatic heterocycles. The van der Waals surface area contributed by atoms with E-state index in [1.165, 1.54) is 160 Å². The number of nitrogens with one attached hydrogen (secondary N) is 5. The summed E-state index contributed by atoms with van der Waals surface area (Å²) in [5.41, 5.74) is -4.06. The molecule has 0 atom stereocenters. The first-order chi connectivity index (χ1) is 39.6. The maximum Gasteiger partial charge on any atom is 0.276 e. The lowest BCUT2D eigenvalue weighted by molar-refractivity contribution is 0.340. The second-order valence-corrected chi connectivity index (χ2v) is 33.8. The third-order valence-corrected chi connectivity index (χ3v) is 21.9. The highest BCUT2D eigenvalue weighted by molar-refractivity contribution is 7.94. The van der Waals surface area contributed by atoms with Gasteiger partial charge in [0.05, 0.1) is 46.9 Å². The van der Waals surface area contributed by atoms with Gasteiger partial charge in [-0.2, -0.15) is 0 Å². The molecule has 3 aromatic carbocycles. The summed E-state index contributed by atoms with van der Waals surface area (Å²) in [4.78, 5) is 1.85. The molecular weight excluding hydrogens is 1190 g/mol. The summed E-state index contributed by atoms with van der Waals surface area (Å²) >= 11 is 0. The molecule has 0 saturated carbocycles. The monoisotopic (exact) mass is 1290 g/mol. The molecule has 5 N–H and O–H groups in total. The number of nitrogens with zero attached hydrogens (tertiary/aromatic N) is 1. The van der Waals surface area contributed by atoms with Crippen LogP contribution in [0.5, 0.6) is 5.75 Å². The van der Waals surface area contributed by atoms with Crippen LogP contribution in [0.15, 0.2) is 70.5 Å². The standard InChI is InChI=1S/C59H102N6O13S6/c1-8-10-12-14-16-18-20-22-24-25-27-28-30-32-34-42-48-80(68,69)61-56-54(60-82(72,73)50-51-44-38-36-39-45-51)53(59(3,4)5)55(62-83(74,75)52-46-40-37-41-47-52)58(57(56)78-6)84(76,77)65(63-79(7,66)67)64-81(70,71)49-43-35-33-31-29-26-23-21-19-17-15-13-11-9-2/h36-41,44-47,60-64H,8-35,42-43,48-50H2,1-7H3. The highest BCUT2D eigenvalue weighted by Gasteiger charge is 2.44. The van der Waals surface area contributed by atoms with E-state index in [1.54, 1.807) is 23.0 Å². The molecule has 482 valence electrons. The molecule has 0 heterocycles. The van der Waals surface area contributed by atoms with Crippen LogP contribution in [0.1, 0.15) is 238 Å². The van der Waals surface area contributed by atoms with Crippen molar-refractivity contribution < 1.29 is 55.2 Å². The summed E-state index contributed by atoms with van der Waals surface area (Å²) in [5, 5.41) is 0. The Kier molecular flexibility index (Phi) is 33.2. The Hall–Kier alpha value is -3.56. The molecule has 0 spiro atoms. The van der Waals surface area contributed by atoms with E-state index in [0.29, 0.717) is 31.1 Å². The lowest BCUT2D eigenvalue weighted by atomic mass is 9.84. The topological polar surface area (TPSA) is 277 Å². The van der Waals surface area contributed by atoms with E-state index in [0.717, 1.165) is 71.3 Å². The van der Waals surface area contributed by atoms with Crippen LogP contribution in [0.3, 0.4) is 0 Å². The molecule has 25 heteroatoms. The van der Waals surface area contributed by atoms with Crippen molar-refractivity contribution in [2.24, 2.45) is 0 Å². The van der Waals surface area contributed by atoms with E-state index in [1.807, 2.05) is 4.83 Å². The number of anilines is 3. The summed E-state index contributed by atoms with van der Waals surface area (Å²) in [6.07, 6.45) is 31.1. The molecule has 0 fully saturated rings. The van der Waals surface area contributed by atoms with Crippen LogP contribution in [0, 0.1) is 0 Å². The van der Waals surface area contributed by atoms with Crippen molar-refractivity contribution in [1.82, 2.24) is 14.2 Å². The van der Waals surface area contributed by atoms with Crippen molar-refractivity contribution >= 4 is 77.2 Å². The number of hydrogen-bond acceptors (Lipinski definition) is 13. The smallest absolute Gasteiger partial charge is 0.276 e. The van der Waals surface area contributed by atoms with E-state index >= 15 is 8.42 Å². The lowest BCUT2D eigenvalue weighted by Gasteiger charge is -2.33. The van der Waals surface area contributed by atoms with Gasteiger partial charge in [0.15, 0.2) is 10.6 Å². The predicted octanol–water partition coefficient (Wildman–Crippen LogP) is 13.5. The van der Waals surface area contributed by atoms with Crippen molar-refractivity contribution in [3.8, 4) is 5.75 Å². The summed E-state index contributed by atoms with van der Waals surface area (Å²) in [6.45, 7) is 8.83. The molecule has 0 radical (unpaired) electrons. The third-order valence-electron chi connectivity index (χ3n) is 14.4. The van der Waals surface area contributed by atoms with Crippen LogP contribution in [-0.4, -0.2) is 79.9 Å². The largest absolute Gasteiger partial charge is 0.493 e. The number of methoxy groups -OCH3 is 1. The molecular formula is C59H102N6O13S6. The molecule has 0 bridgehead atoms. The van der Waals surface area contributed by atoms with Crippen molar-refractivity contribution in [3.05, 3.63) is 71.8 Å². The molecule has 19 nitrogen and oxygen atoms in total. The zero-order valence-corrected chi connectivity index (χ0v) is 56.2. The number of sulfonamides is 6. The molecule has 0 unspecified atom stereocenters. The maximum absolute atomic E-state index is 15.6. The van der Waals surface area contributed by atoms with E-state index in [9.17, 15) is 42.1 Å². The number of unbranched alkanes of at least 4 members (excludes halogenated alkanes) is 28. The third kappa shape index (κ3) is 28.5. The number of hydrazine groups is 2. The number of hydrogen-bond donors (Lipinski definition) is 5. The summed E-state index contributed by atoms with van der Waals surface area (Å²) in [7, 11) is -28.6. The SMILES string of the molecule is CCCCCCCCCCCCCCCCCCS(=O)(=O)Nc1c(NS(=O)(=O)Cc2ccccc2)c(C(C)(C)C)c(NS(=O)(=O)c2ccccc2)c(S(=O)(=O)N(NS(C)(=O)=O)NS(=O)(=O)CCCCCCCCCCCCCCCC)c1OC. The summed E-state index contributed by atoms with van der Waals surface area (Å²) < 4.78 is 185. The van der Waals surface area contributed by atoms with Gasteiger partial charge in [-0.3, -0.25) is 14.2 Å². The quantitative estimate of drug-likeness (QED) is 0.0260. The van der Waals surface area contributed by atoms with Gasteiger partial charge in [-0.25, -0.2) is 50.5 Å². The Bertz CT molecular complexity index is 3090. The van der Waals surface area contributed by atoms with Gasteiger partial charge in [-0.05, 0) is 40.5 Å². The fraction of sp³-hybridized carbons (Fsp3) is 0.695. The normalized spacial score (nSPS) is 12.9. The molecule has 0 amide bonds. The minimum atomic E-state index is -5.88. The Morgan fingerprint density at radius 2 is 0.798 bits per heavy atom. The zero-order valence-electron chi connectivity index (χ0n) is 51.3. The fourth-order valence-corrected chi connectivity index (χ4v) is 17.5. The van der Waals surface area contributed by atoms with Gasteiger partial charge < -0.3 is 4.74 Å². The van der Waals surface area contributed by atoms with E-state index in [2.05, 4.69) is 28.0 Å². The van der Waals surface area contributed by atoms with E-state index in [4.69, 9.17) is 4.74 Å². The second-order valence-electron chi connectivity index (χ2n) is 23.2. The first kappa shape index (κ1) is 74.7. The molecule has 84 heavy (non-hydrogen) atoms. The number of ether oxygens (including phenoxy) is 1. The molecule has 3 aromatic rings. The Morgan fingerprint density at radius 3 is 1.18 bits per heavy atom. The van der Waals surface area contributed by atoms with Gasteiger partial charge in [0.2, 0.25) is 40.1 Å². The van der Waals surface area contributed by atoms with Crippen LogP contribution in [-0.2, 0) is 71.3 Å². The summed E-state index contributed by atoms with van der Waals surface area (Å²) in [5.74, 6) is -2.90. The molecule has 0 aliphatic rings. The minimum absolute atomic E-state index is 0.0582. The predicted molar refractivity (Wildman–Crippen MR) is 343 cm³/mol. The lowest BCUT2D eigenvalue weighted by Crippen LogP contribution is -2.56. The summed E-state index contributed by atoms with van der Waals surface area (Å²) in [6, 6.07) is 14.6. The zero-order chi connectivity index (χ0) is 62.3. The molecule has 3 rings (SSSR count). The van der Waals surface area contributed by atoms with E-state index < -0.39 is 121 Å². The van der Waals surface area contributed by atoms with Gasteiger partial charge in [-0.1, -0.05) is 263 Å². The minimum Gasteiger partial charge on any atom is -0.493 e. The second kappa shape index (κ2) is 37.3. The van der Waals surface area contributed by atoms with Gasteiger partial charge in [0.25, 0.3) is 20.0 Å². The average Bonchev–Trinajstić information content (AvgIpc) is 1.86. The van der Waals surface area contributed by atoms with Gasteiger partial charge in [0, 0.05) is 5.56 Å².